The van der Waals surface area contributed by atoms with Crippen molar-refractivity contribution in [3.05, 3.63) is 53.2 Å². The second-order valence-electron chi connectivity index (χ2n) is 4.49. The number of halogens is 3. The first-order chi connectivity index (χ1) is 9.93. The maximum atomic E-state index is 13.1. The summed E-state index contributed by atoms with van der Waals surface area (Å²) in [6, 6.07) is 7.52. The number of alkyl halides is 3. The molecule has 1 aromatic heterocycles. The Morgan fingerprint density at radius 1 is 1.19 bits per heavy atom. The minimum absolute atomic E-state index is 0.0672. The molecule has 3 nitrogen and oxygen atoms in total. The molecule has 2 rings (SSSR count). The molecule has 6 heteroatoms. The average molecular weight is 296 g/mol. The van der Waals surface area contributed by atoms with E-state index in [9.17, 15) is 13.2 Å². The van der Waals surface area contributed by atoms with E-state index in [1.807, 2.05) is 0 Å². The van der Waals surface area contributed by atoms with Crippen LogP contribution < -0.4 is 10.1 Å². The van der Waals surface area contributed by atoms with Crippen molar-refractivity contribution >= 4 is 5.69 Å². The van der Waals surface area contributed by atoms with Gasteiger partial charge in [-0.2, -0.15) is 13.2 Å². The average Bonchev–Trinajstić information content (AvgIpc) is 2.45. The van der Waals surface area contributed by atoms with Gasteiger partial charge in [0, 0.05) is 30.1 Å². The molecule has 0 saturated heterocycles. The molecule has 0 fully saturated rings. The number of hydrogen-bond donors (Lipinski definition) is 1. The molecule has 0 aliphatic heterocycles. The molecule has 0 radical (unpaired) electrons. The fourth-order valence-electron chi connectivity index (χ4n) is 2.00. The van der Waals surface area contributed by atoms with E-state index in [1.165, 1.54) is 12.3 Å². The van der Waals surface area contributed by atoms with E-state index >= 15 is 0 Å². The highest BCUT2D eigenvalue weighted by Gasteiger charge is 2.34. The number of ether oxygens (including phenoxy) is 1. The van der Waals surface area contributed by atoms with Crippen molar-refractivity contribution in [3.63, 3.8) is 0 Å². The molecule has 1 heterocycles. The predicted octanol–water partition coefficient (Wildman–Crippen LogP) is 4.03. The summed E-state index contributed by atoms with van der Waals surface area (Å²) in [5.74, 6) is 0.330. The molecule has 21 heavy (non-hydrogen) atoms. The minimum Gasteiger partial charge on any atom is -0.473 e. The Labute approximate surface area is 120 Å². The SMILES string of the molecule is CNc1cccc(C(F)(F)F)c1COc1ncccc1C. The van der Waals surface area contributed by atoms with E-state index < -0.39 is 11.7 Å². The van der Waals surface area contributed by atoms with Gasteiger partial charge in [-0.1, -0.05) is 12.1 Å². The van der Waals surface area contributed by atoms with E-state index in [-0.39, 0.29) is 12.2 Å². The smallest absolute Gasteiger partial charge is 0.416 e. The van der Waals surface area contributed by atoms with Gasteiger partial charge < -0.3 is 10.1 Å². The molecule has 112 valence electrons. The first-order valence-corrected chi connectivity index (χ1v) is 6.34. The molecule has 0 saturated carbocycles. The number of pyridine rings is 1. The second-order valence-corrected chi connectivity index (χ2v) is 4.49. The second kappa shape index (κ2) is 6.03. The van der Waals surface area contributed by atoms with Crippen molar-refractivity contribution in [3.8, 4) is 5.88 Å². The molecule has 0 amide bonds. The summed E-state index contributed by atoms with van der Waals surface area (Å²) in [4.78, 5) is 4.02. The zero-order chi connectivity index (χ0) is 15.5. The Hall–Kier alpha value is -2.24. The zero-order valence-corrected chi connectivity index (χ0v) is 11.7. The van der Waals surface area contributed by atoms with Gasteiger partial charge in [-0.15, -0.1) is 0 Å². The van der Waals surface area contributed by atoms with Gasteiger partial charge in [-0.05, 0) is 25.1 Å². The van der Waals surface area contributed by atoms with Gasteiger partial charge in [0.05, 0.1) is 5.56 Å². The van der Waals surface area contributed by atoms with Crippen LogP contribution in [0.25, 0.3) is 0 Å². The topological polar surface area (TPSA) is 34.1 Å². The molecule has 0 unspecified atom stereocenters. The number of nitrogens with zero attached hydrogens (tertiary/aromatic N) is 1. The Morgan fingerprint density at radius 2 is 1.95 bits per heavy atom. The van der Waals surface area contributed by atoms with Crippen LogP contribution >= 0.6 is 0 Å². The van der Waals surface area contributed by atoms with Crippen molar-refractivity contribution in [2.24, 2.45) is 0 Å². The van der Waals surface area contributed by atoms with Gasteiger partial charge in [0.25, 0.3) is 0 Å². The number of rotatable bonds is 4. The minimum atomic E-state index is -4.43. The van der Waals surface area contributed by atoms with Crippen LogP contribution in [0.4, 0.5) is 18.9 Å². The van der Waals surface area contributed by atoms with Crippen molar-refractivity contribution in [1.82, 2.24) is 4.98 Å². The Morgan fingerprint density at radius 3 is 2.57 bits per heavy atom. The predicted molar refractivity (Wildman–Crippen MR) is 74.3 cm³/mol. The Bertz CT molecular complexity index is 627. The fourth-order valence-corrected chi connectivity index (χ4v) is 2.00. The summed E-state index contributed by atoms with van der Waals surface area (Å²) in [5.41, 5.74) is 0.520. The number of anilines is 1. The molecule has 0 aliphatic carbocycles. The van der Waals surface area contributed by atoms with Gasteiger partial charge >= 0.3 is 6.18 Å². The van der Waals surface area contributed by atoms with Gasteiger partial charge in [0.2, 0.25) is 5.88 Å². The molecule has 2 aromatic rings. The summed E-state index contributed by atoms with van der Waals surface area (Å²) in [6.07, 6.45) is -2.89. The van der Waals surface area contributed by atoms with E-state index in [0.29, 0.717) is 11.6 Å². The molecule has 1 N–H and O–H groups in total. The molecular weight excluding hydrogens is 281 g/mol. The van der Waals surface area contributed by atoms with Crippen LogP contribution in [0, 0.1) is 6.92 Å². The van der Waals surface area contributed by atoms with Gasteiger partial charge in [-0.25, -0.2) is 4.98 Å². The van der Waals surface area contributed by atoms with Crippen LogP contribution in [0.5, 0.6) is 5.88 Å². The third-order valence-corrected chi connectivity index (χ3v) is 3.07. The van der Waals surface area contributed by atoms with E-state index in [1.54, 1.807) is 32.2 Å². The highest BCUT2D eigenvalue weighted by molar-refractivity contribution is 5.55. The number of hydrogen-bond acceptors (Lipinski definition) is 3. The molecular formula is C15H15F3N2O. The lowest BCUT2D eigenvalue weighted by Crippen LogP contribution is -2.13. The lowest BCUT2D eigenvalue weighted by Gasteiger charge is -2.17. The van der Waals surface area contributed by atoms with Gasteiger partial charge in [0.15, 0.2) is 0 Å². The largest absolute Gasteiger partial charge is 0.473 e. The number of benzene rings is 1. The highest BCUT2D eigenvalue weighted by atomic mass is 19.4. The van der Waals surface area contributed by atoms with Crippen LogP contribution in [0.15, 0.2) is 36.5 Å². The third kappa shape index (κ3) is 3.45. The number of nitrogens with one attached hydrogen (secondary N) is 1. The lowest BCUT2D eigenvalue weighted by molar-refractivity contribution is -0.138. The standard InChI is InChI=1S/C15H15F3N2O/c1-10-5-4-8-20-14(10)21-9-11-12(15(16,17)18)6-3-7-13(11)19-2/h3-8,19H,9H2,1-2H3. The van der Waals surface area contributed by atoms with E-state index in [2.05, 4.69) is 10.3 Å². The molecule has 1 aromatic carbocycles. The first kappa shape index (κ1) is 15.2. The molecule has 0 aliphatic rings. The normalized spacial score (nSPS) is 11.3. The summed E-state index contributed by atoms with van der Waals surface area (Å²) in [6.45, 7) is 1.58. The summed E-state index contributed by atoms with van der Waals surface area (Å²) in [5, 5.41) is 2.76. The summed E-state index contributed by atoms with van der Waals surface area (Å²) in [7, 11) is 1.57. The quantitative estimate of drug-likeness (QED) is 0.925. The van der Waals surface area contributed by atoms with Crippen LogP contribution in [0.3, 0.4) is 0 Å². The van der Waals surface area contributed by atoms with Crippen molar-refractivity contribution < 1.29 is 17.9 Å². The molecule has 0 spiro atoms. The van der Waals surface area contributed by atoms with Crippen LogP contribution in [-0.2, 0) is 12.8 Å². The lowest BCUT2D eigenvalue weighted by atomic mass is 10.1. The maximum Gasteiger partial charge on any atom is 0.416 e. The maximum absolute atomic E-state index is 13.1. The molecule has 0 atom stereocenters. The van der Waals surface area contributed by atoms with E-state index in [4.69, 9.17) is 4.74 Å². The molecule has 0 bridgehead atoms. The number of aryl methyl sites for hydroxylation is 1. The van der Waals surface area contributed by atoms with Crippen LogP contribution in [-0.4, -0.2) is 12.0 Å². The fraction of sp³-hybridized carbons (Fsp3) is 0.267. The monoisotopic (exact) mass is 296 g/mol. The third-order valence-electron chi connectivity index (χ3n) is 3.07. The van der Waals surface area contributed by atoms with Crippen LogP contribution in [0.2, 0.25) is 0 Å². The Kier molecular flexibility index (Phi) is 4.35. The Balaban J connectivity index is 2.32. The first-order valence-electron chi connectivity index (χ1n) is 6.34. The van der Waals surface area contributed by atoms with Crippen molar-refractivity contribution in [2.45, 2.75) is 19.7 Å². The van der Waals surface area contributed by atoms with E-state index in [0.717, 1.165) is 11.6 Å². The van der Waals surface area contributed by atoms with Crippen LogP contribution in [0.1, 0.15) is 16.7 Å². The summed E-state index contributed by atoms with van der Waals surface area (Å²) >= 11 is 0. The van der Waals surface area contributed by atoms with Crippen molar-refractivity contribution in [1.29, 1.82) is 0 Å². The van der Waals surface area contributed by atoms with Gasteiger partial charge in [-0.3, -0.25) is 0 Å². The summed E-state index contributed by atoms with van der Waals surface area (Å²) < 4.78 is 44.7. The van der Waals surface area contributed by atoms with Gasteiger partial charge in [0.1, 0.15) is 6.61 Å². The highest BCUT2D eigenvalue weighted by Crippen LogP contribution is 2.35. The zero-order valence-electron chi connectivity index (χ0n) is 11.7. The number of aromatic nitrogens is 1. The van der Waals surface area contributed by atoms with Crippen molar-refractivity contribution in [2.75, 3.05) is 12.4 Å².